The lowest BCUT2D eigenvalue weighted by Gasteiger charge is -2.21. The second-order valence-corrected chi connectivity index (χ2v) is 30.1. The highest BCUT2D eigenvalue weighted by atomic mass is 31.2. The van der Waals surface area contributed by atoms with Crippen molar-refractivity contribution in [3.8, 4) is 0 Å². The van der Waals surface area contributed by atoms with Crippen LogP contribution in [0.1, 0.15) is 342 Å². The molecule has 16 nitrogen and oxygen atoms in total. The van der Waals surface area contributed by atoms with E-state index in [9.17, 15) is 43.5 Å². The van der Waals surface area contributed by atoms with Gasteiger partial charge in [0.05, 0.1) is 26.4 Å². The van der Waals surface area contributed by atoms with Crippen LogP contribution in [0.3, 0.4) is 0 Å². The van der Waals surface area contributed by atoms with Gasteiger partial charge in [0.15, 0.2) is 6.10 Å². The molecule has 0 aliphatic carbocycles. The molecule has 0 aromatic rings. The predicted octanol–water partition coefficient (Wildman–Crippen LogP) is 24.1. The van der Waals surface area contributed by atoms with E-state index in [1.54, 1.807) is 0 Å². The van der Waals surface area contributed by atoms with Crippen LogP contribution in [0.25, 0.3) is 0 Å². The van der Waals surface area contributed by atoms with Gasteiger partial charge in [0, 0.05) is 19.3 Å². The van der Waals surface area contributed by atoms with Crippen LogP contribution in [0.5, 0.6) is 0 Å². The first-order chi connectivity index (χ1) is 50.2. The zero-order valence-electron chi connectivity index (χ0n) is 65.0. The fraction of sp³-hybridized carbons (Fsp3) is 0.729. The molecule has 0 aromatic carbocycles. The maximum atomic E-state index is 12.9. The summed E-state index contributed by atoms with van der Waals surface area (Å²) < 4.78 is 61.1. The van der Waals surface area contributed by atoms with E-state index in [4.69, 9.17) is 32.3 Å². The van der Waals surface area contributed by atoms with E-state index in [0.29, 0.717) is 19.3 Å². The van der Waals surface area contributed by atoms with Gasteiger partial charge in [-0.25, -0.2) is 9.13 Å². The van der Waals surface area contributed by atoms with Gasteiger partial charge in [-0.1, -0.05) is 309 Å². The SMILES string of the molecule is CC/C=C\C/C=C\C/C=C\C/C=C\C/C=C\C/C=C\CCCCCCCCCCCCCCCCCCC(=O)OCC(O)COP(=O)(O)OCC(O)COP(=O)(O)OCC(COC(=O)CCCCCCCC/C=C\C/C=C\C/C=C\CCCCC)OC(=O)CCCCCCC/C=C\CCCCCC. The maximum absolute atomic E-state index is 12.9. The van der Waals surface area contributed by atoms with E-state index in [0.717, 1.165) is 154 Å². The molecule has 0 aromatic heterocycles. The van der Waals surface area contributed by atoms with Gasteiger partial charge in [-0.15, -0.1) is 0 Å². The number of ether oxygens (including phenoxy) is 3. The lowest BCUT2D eigenvalue weighted by Crippen LogP contribution is -2.30. The number of unbranched alkanes of at least 4 members (excludes halogenated alkanes) is 34. The molecule has 5 unspecified atom stereocenters. The smallest absolute Gasteiger partial charge is 0.463 e. The van der Waals surface area contributed by atoms with Gasteiger partial charge in [-0.2, -0.15) is 0 Å². The number of carbonyl (C=O) groups is 3. The third-order valence-corrected chi connectivity index (χ3v) is 19.0. The molecule has 594 valence electrons. The van der Waals surface area contributed by atoms with Crippen molar-refractivity contribution in [1.82, 2.24) is 0 Å². The van der Waals surface area contributed by atoms with Crippen molar-refractivity contribution in [2.24, 2.45) is 0 Å². The highest BCUT2D eigenvalue weighted by Crippen LogP contribution is 2.45. The van der Waals surface area contributed by atoms with E-state index >= 15 is 0 Å². The summed E-state index contributed by atoms with van der Waals surface area (Å²) in [4.78, 5) is 58.6. The summed E-state index contributed by atoms with van der Waals surface area (Å²) in [5, 5.41) is 20.6. The van der Waals surface area contributed by atoms with Crippen LogP contribution in [-0.2, 0) is 55.8 Å². The van der Waals surface area contributed by atoms with E-state index < -0.39 is 91.5 Å². The molecule has 0 saturated carbocycles. The molecule has 5 atom stereocenters. The molecule has 4 N–H and O–H groups in total. The zero-order chi connectivity index (χ0) is 75.2. The number of esters is 3. The fourth-order valence-electron chi connectivity index (χ4n) is 10.9. The lowest BCUT2D eigenvalue weighted by molar-refractivity contribution is -0.161. The summed E-state index contributed by atoms with van der Waals surface area (Å²) in [5.74, 6) is -1.59. The van der Waals surface area contributed by atoms with Crippen LogP contribution < -0.4 is 0 Å². The largest absolute Gasteiger partial charge is 0.472 e. The molecule has 0 aliphatic rings. The number of rotatable bonds is 77. The quantitative estimate of drug-likeness (QED) is 0.0146. The highest BCUT2D eigenvalue weighted by Gasteiger charge is 2.29. The number of phosphoric ester groups is 2. The number of allylic oxidation sites excluding steroid dienone is 20. The van der Waals surface area contributed by atoms with Crippen LogP contribution in [0.4, 0.5) is 0 Å². The van der Waals surface area contributed by atoms with Crippen LogP contribution in [0, 0.1) is 0 Å². The van der Waals surface area contributed by atoms with Crippen LogP contribution in [0.15, 0.2) is 122 Å². The van der Waals surface area contributed by atoms with Gasteiger partial charge < -0.3 is 34.2 Å². The molecule has 18 heteroatoms. The first kappa shape index (κ1) is 98.9. The molecule has 0 heterocycles. The van der Waals surface area contributed by atoms with E-state index in [1.165, 1.54) is 128 Å². The van der Waals surface area contributed by atoms with Crippen molar-refractivity contribution in [2.75, 3.05) is 39.6 Å². The molecule has 0 aliphatic heterocycles. The van der Waals surface area contributed by atoms with Gasteiger partial charge >= 0.3 is 33.6 Å². The number of aliphatic hydroxyl groups is 2. The van der Waals surface area contributed by atoms with Gasteiger partial charge in [-0.05, 0) is 135 Å². The Morgan fingerprint density at radius 1 is 0.282 bits per heavy atom. The summed E-state index contributed by atoms with van der Waals surface area (Å²) in [6.07, 6.45) is 92.6. The van der Waals surface area contributed by atoms with Crippen LogP contribution in [0.2, 0.25) is 0 Å². The molecule has 0 saturated heterocycles. The zero-order valence-corrected chi connectivity index (χ0v) is 66.7. The minimum Gasteiger partial charge on any atom is -0.463 e. The second kappa shape index (κ2) is 77.6. The average Bonchev–Trinajstić information content (AvgIpc) is 0.925. The molecule has 0 spiro atoms. The monoisotopic (exact) mass is 1490 g/mol. The van der Waals surface area contributed by atoms with Crippen molar-refractivity contribution >= 4 is 33.6 Å². The Bertz CT molecular complexity index is 2360. The molecule has 0 rings (SSSR count). The molecule has 0 fully saturated rings. The van der Waals surface area contributed by atoms with Crippen LogP contribution in [-0.4, -0.2) is 95.9 Å². The Hall–Kier alpha value is -4.05. The Labute approximate surface area is 627 Å². The summed E-state index contributed by atoms with van der Waals surface area (Å²) in [6.45, 7) is 2.52. The topological polar surface area (TPSA) is 231 Å². The van der Waals surface area contributed by atoms with Crippen molar-refractivity contribution in [3.05, 3.63) is 122 Å². The predicted molar refractivity (Wildman–Crippen MR) is 427 cm³/mol. The molecular formula is C85H148O16P2. The number of aliphatic hydroxyl groups excluding tert-OH is 2. The second-order valence-electron chi connectivity index (χ2n) is 27.2. The summed E-state index contributed by atoms with van der Waals surface area (Å²) in [7, 11) is -9.79. The molecule has 103 heavy (non-hydrogen) atoms. The average molecular weight is 1490 g/mol. The van der Waals surface area contributed by atoms with Gasteiger partial charge in [0.2, 0.25) is 0 Å². The van der Waals surface area contributed by atoms with Gasteiger partial charge in [-0.3, -0.25) is 32.5 Å². The van der Waals surface area contributed by atoms with Crippen molar-refractivity contribution < 1.29 is 75.8 Å². The van der Waals surface area contributed by atoms with Crippen molar-refractivity contribution in [2.45, 2.75) is 360 Å². The first-order valence-electron chi connectivity index (χ1n) is 40.8. The number of hydrogen-bond donors (Lipinski definition) is 4. The van der Waals surface area contributed by atoms with Crippen molar-refractivity contribution in [1.29, 1.82) is 0 Å². The minimum atomic E-state index is -4.93. The van der Waals surface area contributed by atoms with E-state index in [2.05, 4.69) is 142 Å². The standard InChI is InChI=1S/C85H148O16P2/c1-4-7-10-13-16-19-22-25-27-29-31-32-33-34-35-36-37-38-39-40-41-42-43-44-45-46-48-50-51-54-56-59-62-65-68-71-83(88)95-74-80(86)75-97-102(91,92)98-76-81(87)77-99-103(93,94)100-79-82(101-85(90)73-70-67-64-61-58-53-24-21-18-15-12-9-6-3)78-96-84(89)72-69-66-63-60-57-55-52-49-47-30-28-26-23-20-17-14-11-8-5-2/h7,10,16-17,19-21,24-28,31-32,34-35,37-38,47,49,80-82,86-87H,4-6,8-9,11-15,18,22-23,29-30,33,36,39-46,48,50-79H2,1-3H3,(H,91,92)(H,93,94)/b10-7-,19-16-,20-17-,24-21-,27-25-,28-26-,32-31-,35-34-,38-37-,49-47-. The normalized spacial score (nSPS) is 14.6. The molecule has 0 bridgehead atoms. The first-order valence-corrected chi connectivity index (χ1v) is 43.8. The highest BCUT2D eigenvalue weighted by molar-refractivity contribution is 7.47. The maximum Gasteiger partial charge on any atom is 0.472 e. The van der Waals surface area contributed by atoms with Crippen molar-refractivity contribution in [3.63, 3.8) is 0 Å². The third kappa shape index (κ3) is 78.8. The van der Waals surface area contributed by atoms with E-state index in [1.807, 2.05) is 0 Å². The minimum absolute atomic E-state index is 0.0916. The molecule has 0 radical (unpaired) electrons. The Kier molecular flexibility index (Phi) is 74.5. The van der Waals surface area contributed by atoms with Crippen LogP contribution >= 0.6 is 15.6 Å². The lowest BCUT2D eigenvalue weighted by atomic mass is 10.0. The van der Waals surface area contributed by atoms with E-state index in [-0.39, 0.29) is 19.3 Å². The summed E-state index contributed by atoms with van der Waals surface area (Å²) >= 11 is 0. The summed E-state index contributed by atoms with van der Waals surface area (Å²) in [5.41, 5.74) is 0. The fourth-order valence-corrected chi connectivity index (χ4v) is 12.5. The number of hydrogen-bond acceptors (Lipinski definition) is 14. The Morgan fingerprint density at radius 3 is 0.845 bits per heavy atom. The Balaban J connectivity index is 4.38. The third-order valence-electron chi connectivity index (χ3n) is 17.1. The molecular weight excluding hydrogens is 1340 g/mol. The van der Waals surface area contributed by atoms with Gasteiger partial charge in [0.25, 0.3) is 0 Å². The molecule has 0 amide bonds. The van der Waals surface area contributed by atoms with Gasteiger partial charge in [0.1, 0.15) is 25.4 Å². The summed E-state index contributed by atoms with van der Waals surface area (Å²) in [6, 6.07) is 0. The number of carbonyl (C=O) groups excluding carboxylic acids is 3. The Morgan fingerprint density at radius 2 is 0.515 bits per heavy atom. The number of phosphoric acid groups is 2.